The van der Waals surface area contributed by atoms with E-state index in [1.165, 1.54) is 0 Å². The van der Waals surface area contributed by atoms with E-state index in [9.17, 15) is 4.79 Å². The number of ether oxygens (including phenoxy) is 3. The van der Waals surface area contributed by atoms with Crippen LogP contribution in [0.1, 0.15) is 25.7 Å². The van der Waals surface area contributed by atoms with Crippen LogP contribution in [0.2, 0.25) is 0 Å². The summed E-state index contributed by atoms with van der Waals surface area (Å²) < 4.78 is 17.6. The van der Waals surface area contributed by atoms with E-state index in [1.807, 2.05) is 23.1 Å². The lowest BCUT2D eigenvalue weighted by molar-refractivity contribution is -0.134. The number of rotatable bonds is 8. The number of likely N-dealkylation sites (N-methyl/N-ethyl adjacent to an activating group) is 1. The number of carbonyl (C=O) groups excluding carboxylic acids is 1. The fourth-order valence-electron chi connectivity index (χ4n) is 5.50. The van der Waals surface area contributed by atoms with Crippen molar-refractivity contribution >= 4 is 28.6 Å². The highest BCUT2D eigenvalue weighted by molar-refractivity contribution is 5.85. The second-order valence-electron chi connectivity index (χ2n) is 10.9. The number of hydrogen-bond donors (Lipinski definition) is 1. The van der Waals surface area contributed by atoms with E-state index in [1.54, 1.807) is 18.6 Å². The molecule has 1 aliphatic carbocycles. The zero-order valence-corrected chi connectivity index (χ0v) is 23.6. The molecule has 5 heterocycles. The molecule has 218 valence electrons. The number of hydrogen-bond acceptors (Lipinski definition) is 11. The zero-order chi connectivity index (χ0) is 28.0. The van der Waals surface area contributed by atoms with Gasteiger partial charge in [0.25, 0.3) is 5.91 Å². The molecule has 1 N–H and O–H groups in total. The summed E-state index contributed by atoms with van der Waals surface area (Å²) in [4.78, 5) is 37.0. The maximum absolute atomic E-state index is 12.4. The van der Waals surface area contributed by atoms with E-state index in [0.717, 1.165) is 81.7 Å². The molecule has 3 aromatic rings. The van der Waals surface area contributed by atoms with Gasteiger partial charge >= 0.3 is 0 Å². The third-order valence-electron chi connectivity index (χ3n) is 8.02. The van der Waals surface area contributed by atoms with Crippen LogP contribution in [0, 0.1) is 0 Å². The Morgan fingerprint density at radius 3 is 2.54 bits per heavy atom. The molecule has 6 rings (SSSR count). The minimum Gasteiger partial charge on any atom is -0.481 e. The van der Waals surface area contributed by atoms with Gasteiger partial charge in [0.05, 0.1) is 36.5 Å². The van der Waals surface area contributed by atoms with E-state index in [2.05, 4.69) is 37.1 Å². The molecule has 0 unspecified atom stereocenters. The third kappa shape index (κ3) is 6.94. The number of aromatic nitrogens is 4. The molecule has 41 heavy (non-hydrogen) atoms. The number of carbonyl (C=O) groups is 1. The summed E-state index contributed by atoms with van der Waals surface area (Å²) in [6.45, 7) is 6.26. The van der Waals surface area contributed by atoms with Gasteiger partial charge in [-0.05, 0) is 44.9 Å². The minimum absolute atomic E-state index is 0.000572. The number of morpholine rings is 1. The Balaban J connectivity index is 0.992. The summed E-state index contributed by atoms with van der Waals surface area (Å²) >= 11 is 0. The maximum Gasteiger partial charge on any atom is 0.260 e. The summed E-state index contributed by atoms with van der Waals surface area (Å²) in [5.74, 6) is 2.58. The van der Waals surface area contributed by atoms with E-state index in [4.69, 9.17) is 19.2 Å². The zero-order valence-electron chi connectivity index (χ0n) is 23.6. The summed E-state index contributed by atoms with van der Waals surface area (Å²) in [6.07, 6.45) is 8.80. The van der Waals surface area contributed by atoms with Crippen molar-refractivity contribution in [3.8, 4) is 11.6 Å². The maximum atomic E-state index is 12.4. The van der Waals surface area contributed by atoms with E-state index >= 15 is 0 Å². The van der Waals surface area contributed by atoms with Gasteiger partial charge in [-0.15, -0.1) is 0 Å². The van der Waals surface area contributed by atoms with Crippen LogP contribution in [0.4, 0.5) is 11.8 Å². The Morgan fingerprint density at radius 2 is 1.78 bits per heavy atom. The summed E-state index contributed by atoms with van der Waals surface area (Å²) in [7, 11) is 2.06. The molecular formula is C29H38N8O4. The van der Waals surface area contributed by atoms with Crippen molar-refractivity contribution in [2.75, 3.05) is 76.4 Å². The first kappa shape index (κ1) is 27.4. The SMILES string of the molecule is CN1CCN(C(=O)COc2cnc(NC3CCC(Oc4nc(N5CCOCC5)cc5ncccc45)CC3)nc2)CC1. The van der Waals surface area contributed by atoms with Gasteiger partial charge < -0.3 is 34.2 Å². The fraction of sp³-hybridized carbons (Fsp3) is 0.552. The highest BCUT2D eigenvalue weighted by Crippen LogP contribution is 2.31. The predicted molar refractivity (Wildman–Crippen MR) is 154 cm³/mol. The van der Waals surface area contributed by atoms with Crippen LogP contribution in [0.25, 0.3) is 10.9 Å². The lowest BCUT2D eigenvalue weighted by atomic mass is 9.93. The molecule has 0 aromatic carbocycles. The molecule has 2 saturated heterocycles. The van der Waals surface area contributed by atoms with Crippen LogP contribution >= 0.6 is 0 Å². The predicted octanol–water partition coefficient (Wildman–Crippen LogP) is 2.21. The lowest BCUT2D eigenvalue weighted by Crippen LogP contribution is -2.48. The molecule has 1 saturated carbocycles. The summed E-state index contributed by atoms with van der Waals surface area (Å²) in [5.41, 5.74) is 0.891. The van der Waals surface area contributed by atoms with Crippen molar-refractivity contribution in [1.29, 1.82) is 0 Å². The number of pyridine rings is 2. The van der Waals surface area contributed by atoms with Crippen molar-refractivity contribution in [2.45, 2.75) is 37.8 Å². The van der Waals surface area contributed by atoms with Gasteiger partial charge in [-0.2, -0.15) is 4.98 Å². The van der Waals surface area contributed by atoms with Crippen molar-refractivity contribution in [1.82, 2.24) is 29.7 Å². The average molecular weight is 563 g/mol. The van der Waals surface area contributed by atoms with Crippen LogP contribution < -0.4 is 19.7 Å². The van der Waals surface area contributed by atoms with Gasteiger partial charge in [0.15, 0.2) is 12.4 Å². The molecular weight excluding hydrogens is 524 g/mol. The Morgan fingerprint density at radius 1 is 1.02 bits per heavy atom. The second kappa shape index (κ2) is 12.8. The van der Waals surface area contributed by atoms with E-state index in [0.29, 0.717) is 30.8 Å². The Kier molecular flexibility index (Phi) is 8.57. The highest BCUT2D eigenvalue weighted by atomic mass is 16.5. The van der Waals surface area contributed by atoms with Crippen LogP contribution in [-0.2, 0) is 9.53 Å². The number of amides is 1. The van der Waals surface area contributed by atoms with Crippen LogP contribution in [0.5, 0.6) is 11.6 Å². The fourth-order valence-corrected chi connectivity index (χ4v) is 5.50. The van der Waals surface area contributed by atoms with Gasteiger partial charge in [0, 0.05) is 57.6 Å². The first-order valence-electron chi connectivity index (χ1n) is 14.5. The largest absolute Gasteiger partial charge is 0.481 e. The highest BCUT2D eigenvalue weighted by Gasteiger charge is 2.25. The molecule has 0 spiro atoms. The van der Waals surface area contributed by atoms with Crippen LogP contribution in [0.15, 0.2) is 36.8 Å². The van der Waals surface area contributed by atoms with Crippen LogP contribution in [0.3, 0.4) is 0 Å². The Labute approximate surface area is 240 Å². The molecule has 12 nitrogen and oxygen atoms in total. The van der Waals surface area contributed by atoms with Gasteiger partial charge in [0.2, 0.25) is 11.8 Å². The Hall–Kier alpha value is -3.77. The van der Waals surface area contributed by atoms with Gasteiger partial charge in [0.1, 0.15) is 11.9 Å². The number of fused-ring (bicyclic) bond motifs is 1. The van der Waals surface area contributed by atoms with Crippen molar-refractivity contribution in [2.24, 2.45) is 0 Å². The summed E-state index contributed by atoms with van der Waals surface area (Å²) in [5, 5.41) is 4.37. The molecule has 12 heteroatoms. The monoisotopic (exact) mass is 562 g/mol. The molecule has 3 aliphatic rings. The smallest absolute Gasteiger partial charge is 0.260 e. The molecule has 0 radical (unpaired) electrons. The summed E-state index contributed by atoms with van der Waals surface area (Å²) in [6, 6.07) is 6.24. The second-order valence-corrected chi connectivity index (χ2v) is 10.9. The number of anilines is 2. The normalized spacial score (nSPS) is 22.0. The van der Waals surface area contributed by atoms with Gasteiger partial charge in [-0.1, -0.05) is 0 Å². The molecule has 3 aromatic heterocycles. The van der Waals surface area contributed by atoms with Crippen molar-refractivity contribution in [3.63, 3.8) is 0 Å². The number of nitrogens with zero attached hydrogens (tertiary/aromatic N) is 7. The van der Waals surface area contributed by atoms with Gasteiger partial charge in [-0.25, -0.2) is 9.97 Å². The number of nitrogens with one attached hydrogen (secondary N) is 1. The number of piperazine rings is 1. The lowest BCUT2D eigenvalue weighted by Gasteiger charge is -2.32. The average Bonchev–Trinajstić information content (AvgIpc) is 3.02. The molecule has 0 bridgehead atoms. The topological polar surface area (TPSA) is 118 Å². The van der Waals surface area contributed by atoms with Crippen molar-refractivity contribution in [3.05, 3.63) is 36.8 Å². The minimum atomic E-state index is -0.00781. The molecule has 0 atom stereocenters. The van der Waals surface area contributed by atoms with E-state index in [-0.39, 0.29) is 24.7 Å². The van der Waals surface area contributed by atoms with Crippen LogP contribution in [-0.4, -0.2) is 114 Å². The first-order valence-corrected chi connectivity index (χ1v) is 14.5. The van der Waals surface area contributed by atoms with E-state index < -0.39 is 0 Å². The third-order valence-corrected chi connectivity index (χ3v) is 8.02. The van der Waals surface area contributed by atoms with Crippen molar-refractivity contribution < 1.29 is 19.0 Å². The quantitative estimate of drug-likeness (QED) is 0.435. The van der Waals surface area contributed by atoms with Gasteiger partial charge in [-0.3, -0.25) is 9.78 Å². The molecule has 1 amide bonds. The first-order chi connectivity index (χ1) is 20.1. The molecule has 3 fully saturated rings. The Bertz CT molecular complexity index is 1300. The standard InChI is InChI=1S/C29H38N8O4/c1-35-9-11-37(12-10-35)27(38)20-40-23-18-31-29(32-19-23)33-21-4-6-22(7-5-21)41-28-24-3-2-8-30-25(24)17-26(34-28)36-13-15-39-16-14-36/h2-3,8,17-19,21-22H,4-7,9-16,20H2,1H3,(H,31,32,33). The molecule has 2 aliphatic heterocycles.